The van der Waals surface area contributed by atoms with Crippen LogP contribution in [-0.4, -0.2) is 28.1 Å². The molecule has 4 heteroatoms. The van der Waals surface area contributed by atoms with Crippen molar-refractivity contribution in [2.24, 2.45) is 5.92 Å². The second-order valence-electron chi connectivity index (χ2n) is 5.33. The zero-order valence-corrected chi connectivity index (χ0v) is 12.6. The minimum absolute atomic E-state index is 0.115. The lowest BCUT2D eigenvalue weighted by Crippen LogP contribution is -2.45. The third-order valence-corrected chi connectivity index (χ3v) is 3.30. The SMILES string of the molecule is CCC(NC(=O)/C(C)=C/c1ccncc1)C(O)C(C)C. The Morgan fingerprint density at radius 3 is 2.50 bits per heavy atom. The van der Waals surface area contributed by atoms with Crippen molar-refractivity contribution in [1.29, 1.82) is 0 Å². The Morgan fingerprint density at radius 2 is 2.00 bits per heavy atom. The van der Waals surface area contributed by atoms with Crippen molar-refractivity contribution in [2.45, 2.75) is 46.3 Å². The van der Waals surface area contributed by atoms with Gasteiger partial charge in [-0.3, -0.25) is 9.78 Å². The maximum atomic E-state index is 12.1. The molecule has 0 radical (unpaired) electrons. The predicted molar refractivity (Wildman–Crippen MR) is 81.0 cm³/mol. The van der Waals surface area contributed by atoms with Crippen LogP contribution in [0.5, 0.6) is 0 Å². The molecule has 2 atom stereocenters. The second-order valence-corrected chi connectivity index (χ2v) is 5.33. The molecule has 0 saturated carbocycles. The smallest absolute Gasteiger partial charge is 0.247 e. The third-order valence-electron chi connectivity index (χ3n) is 3.30. The fourth-order valence-electron chi connectivity index (χ4n) is 1.95. The van der Waals surface area contributed by atoms with Gasteiger partial charge in [0.05, 0.1) is 12.1 Å². The van der Waals surface area contributed by atoms with E-state index in [2.05, 4.69) is 10.3 Å². The summed E-state index contributed by atoms with van der Waals surface area (Å²) in [6.07, 6.45) is 5.36. The van der Waals surface area contributed by atoms with Crippen molar-refractivity contribution in [2.75, 3.05) is 0 Å². The van der Waals surface area contributed by atoms with E-state index in [-0.39, 0.29) is 17.9 Å². The second kappa shape index (κ2) is 7.80. The van der Waals surface area contributed by atoms with Crippen molar-refractivity contribution < 1.29 is 9.90 Å². The Hall–Kier alpha value is -1.68. The van der Waals surface area contributed by atoms with Gasteiger partial charge in [0.2, 0.25) is 5.91 Å². The first-order chi connectivity index (χ1) is 9.45. The van der Waals surface area contributed by atoms with Crippen LogP contribution in [0.1, 0.15) is 39.7 Å². The molecular formula is C16H24N2O2. The van der Waals surface area contributed by atoms with Crippen molar-refractivity contribution in [3.05, 3.63) is 35.7 Å². The molecule has 4 nitrogen and oxygen atoms in total. The zero-order chi connectivity index (χ0) is 15.1. The molecule has 1 amide bonds. The molecule has 0 aromatic carbocycles. The molecule has 1 aromatic heterocycles. The number of aromatic nitrogens is 1. The lowest BCUT2D eigenvalue weighted by molar-refractivity contribution is -0.119. The molecule has 0 aliphatic carbocycles. The Labute approximate surface area is 120 Å². The molecule has 0 fully saturated rings. The van der Waals surface area contributed by atoms with Crippen LogP contribution in [0.3, 0.4) is 0 Å². The number of hydrogen-bond acceptors (Lipinski definition) is 3. The highest BCUT2D eigenvalue weighted by Gasteiger charge is 2.22. The van der Waals surface area contributed by atoms with Crippen molar-refractivity contribution in [1.82, 2.24) is 10.3 Å². The highest BCUT2D eigenvalue weighted by Crippen LogP contribution is 2.11. The highest BCUT2D eigenvalue weighted by molar-refractivity contribution is 5.97. The van der Waals surface area contributed by atoms with E-state index in [0.29, 0.717) is 12.0 Å². The average molecular weight is 276 g/mol. The van der Waals surface area contributed by atoms with Crippen LogP contribution < -0.4 is 5.32 Å². The average Bonchev–Trinajstić information content (AvgIpc) is 2.44. The van der Waals surface area contributed by atoms with Gasteiger partial charge < -0.3 is 10.4 Å². The molecule has 110 valence electrons. The first-order valence-electron chi connectivity index (χ1n) is 7.03. The van der Waals surface area contributed by atoms with Crippen LogP contribution in [0.4, 0.5) is 0 Å². The van der Waals surface area contributed by atoms with Crippen LogP contribution in [-0.2, 0) is 4.79 Å². The van der Waals surface area contributed by atoms with E-state index in [1.54, 1.807) is 19.3 Å². The Balaban J connectivity index is 2.72. The zero-order valence-electron chi connectivity index (χ0n) is 12.6. The number of aliphatic hydroxyl groups excluding tert-OH is 1. The van der Waals surface area contributed by atoms with Gasteiger partial charge in [0.15, 0.2) is 0 Å². The van der Waals surface area contributed by atoms with Gasteiger partial charge in [-0.2, -0.15) is 0 Å². The number of nitrogens with one attached hydrogen (secondary N) is 1. The fourth-order valence-corrected chi connectivity index (χ4v) is 1.95. The van der Waals surface area contributed by atoms with E-state index in [0.717, 1.165) is 5.56 Å². The number of pyridine rings is 1. The van der Waals surface area contributed by atoms with Crippen molar-refractivity contribution in [3.63, 3.8) is 0 Å². The predicted octanol–water partition coefficient (Wildman–Crippen LogP) is 2.40. The lowest BCUT2D eigenvalue weighted by Gasteiger charge is -2.25. The molecular weight excluding hydrogens is 252 g/mol. The summed E-state index contributed by atoms with van der Waals surface area (Å²) in [5, 5.41) is 13.0. The van der Waals surface area contributed by atoms with Crippen molar-refractivity contribution in [3.8, 4) is 0 Å². The minimum atomic E-state index is -0.530. The monoisotopic (exact) mass is 276 g/mol. The largest absolute Gasteiger partial charge is 0.391 e. The molecule has 1 aromatic rings. The van der Waals surface area contributed by atoms with Gasteiger partial charge >= 0.3 is 0 Å². The van der Waals surface area contributed by atoms with E-state index in [9.17, 15) is 9.90 Å². The van der Waals surface area contributed by atoms with Gasteiger partial charge in [-0.25, -0.2) is 0 Å². The molecule has 1 rings (SSSR count). The van der Waals surface area contributed by atoms with Crippen LogP contribution in [0.15, 0.2) is 30.1 Å². The maximum absolute atomic E-state index is 12.1. The molecule has 2 N–H and O–H groups in total. The third kappa shape index (κ3) is 4.78. The summed E-state index contributed by atoms with van der Waals surface area (Å²) in [5.41, 5.74) is 1.55. The topological polar surface area (TPSA) is 62.2 Å². The van der Waals surface area contributed by atoms with Crippen LogP contribution in [0, 0.1) is 5.92 Å². The number of aliphatic hydroxyl groups is 1. The van der Waals surface area contributed by atoms with Gasteiger partial charge in [0.1, 0.15) is 0 Å². The van der Waals surface area contributed by atoms with E-state index in [4.69, 9.17) is 0 Å². The minimum Gasteiger partial charge on any atom is -0.391 e. The van der Waals surface area contributed by atoms with Gasteiger partial charge in [-0.15, -0.1) is 0 Å². The molecule has 0 aliphatic rings. The van der Waals surface area contributed by atoms with Gasteiger partial charge in [-0.1, -0.05) is 20.8 Å². The summed E-state index contributed by atoms with van der Waals surface area (Å²) in [4.78, 5) is 16.1. The van der Waals surface area contributed by atoms with Gasteiger partial charge in [0, 0.05) is 18.0 Å². The first-order valence-corrected chi connectivity index (χ1v) is 7.03. The van der Waals surface area contributed by atoms with Crippen LogP contribution in [0.2, 0.25) is 0 Å². The molecule has 0 bridgehead atoms. The van der Waals surface area contributed by atoms with E-state index in [1.165, 1.54) is 0 Å². The first kappa shape index (κ1) is 16.4. The fraction of sp³-hybridized carbons (Fsp3) is 0.500. The lowest BCUT2D eigenvalue weighted by atomic mass is 9.97. The summed E-state index contributed by atoms with van der Waals surface area (Å²) in [7, 11) is 0. The van der Waals surface area contributed by atoms with Crippen LogP contribution >= 0.6 is 0 Å². The summed E-state index contributed by atoms with van der Waals surface area (Å²) in [6.45, 7) is 7.61. The molecule has 20 heavy (non-hydrogen) atoms. The van der Waals surface area contributed by atoms with E-state index < -0.39 is 6.10 Å². The standard InChI is InChI=1S/C16H24N2O2/c1-5-14(15(19)11(2)3)18-16(20)12(4)10-13-6-8-17-9-7-13/h6-11,14-15,19H,5H2,1-4H3,(H,18,20)/b12-10+. The van der Waals surface area contributed by atoms with Crippen molar-refractivity contribution >= 4 is 12.0 Å². The number of hydrogen-bond donors (Lipinski definition) is 2. The number of rotatable bonds is 6. The van der Waals surface area contributed by atoms with Crippen LogP contribution in [0.25, 0.3) is 6.08 Å². The molecule has 1 heterocycles. The Kier molecular flexibility index (Phi) is 6.39. The molecule has 0 aliphatic heterocycles. The summed E-state index contributed by atoms with van der Waals surface area (Å²) in [5.74, 6) is -0.0295. The van der Waals surface area contributed by atoms with Gasteiger partial charge in [0.25, 0.3) is 0 Å². The quantitative estimate of drug-likeness (QED) is 0.784. The number of carbonyl (C=O) groups excluding carboxylic acids is 1. The molecule has 0 spiro atoms. The summed E-state index contributed by atoms with van der Waals surface area (Å²) in [6, 6.07) is 3.47. The number of carbonyl (C=O) groups is 1. The number of nitrogens with zero attached hydrogens (tertiary/aromatic N) is 1. The number of amides is 1. The normalized spacial score (nSPS) is 15.0. The van der Waals surface area contributed by atoms with Gasteiger partial charge in [-0.05, 0) is 43.0 Å². The molecule has 2 unspecified atom stereocenters. The van der Waals surface area contributed by atoms with E-state index >= 15 is 0 Å². The summed E-state index contributed by atoms with van der Waals surface area (Å²) >= 11 is 0. The highest BCUT2D eigenvalue weighted by atomic mass is 16.3. The molecule has 0 saturated heterocycles. The Bertz CT molecular complexity index is 455. The maximum Gasteiger partial charge on any atom is 0.247 e. The Morgan fingerprint density at radius 1 is 1.40 bits per heavy atom. The van der Waals surface area contributed by atoms with E-state index in [1.807, 2.05) is 39.0 Å². The summed E-state index contributed by atoms with van der Waals surface area (Å²) < 4.78 is 0.